The molecule has 4 aromatic rings. The van der Waals surface area contributed by atoms with Gasteiger partial charge in [-0.05, 0) is 29.3 Å². The van der Waals surface area contributed by atoms with E-state index in [1.807, 2.05) is 66.7 Å². The van der Waals surface area contributed by atoms with Crippen LogP contribution >= 0.6 is 23.2 Å². The van der Waals surface area contributed by atoms with E-state index in [2.05, 4.69) is 0 Å². The second-order valence-electron chi connectivity index (χ2n) is 8.25. The largest absolute Gasteiger partial charge is 0.738 e. The molecule has 3 heterocycles. The quantitative estimate of drug-likeness (QED) is 0.265. The van der Waals surface area contributed by atoms with E-state index in [0.717, 1.165) is 14.5 Å². The van der Waals surface area contributed by atoms with Crippen LogP contribution in [-0.2, 0) is 0 Å². The highest BCUT2D eigenvalue weighted by Gasteiger charge is 2.56. The minimum absolute atomic E-state index is 0.272. The van der Waals surface area contributed by atoms with Crippen molar-refractivity contribution < 1.29 is 13.1 Å². The molecule has 0 bridgehead atoms. The summed E-state index contributed by atoms with van der Waals surface area (Å²) in [6, 6.07) is 29.2. The lowest BCUT2D eigenvalue weighted by Crippen LogP contribution is -2.51. The first kappa shape index (κ1) is 21.1. The zero-order valence-electron chi connectivity index (χ0n) is 17.8. The predicted molar refractivity (Wildman–Crippen MR) is 135 cm³/mol. The second-order valence-corrected chi connectivity index (χ2v) is 9.07. The van der Waals surface area contributed by atoms with Gasteiger partial charge in [0, 0.05) is 23.0 Å². The summed E-state index contributed by atoms with van der Waals surface area (Å²) in [5.41, 5.74) is 3.99. The molecule has 1 aromatic heterocycles. The Morgan fingerprint density at radius 2 is 1.24 bits per heavy atom. The van der Waals surface area contributed by atoms with Crippen LogP contribution in [0.3, 0.4) is 0 Å². The average molecular weight is 489 g/mol. The lowest BCUT2D eigenvalue weighted by atomic mass is 9.85. The van der Waals surface area contributed by atoms with Crippen molar-refractivity contribution in [3.05, 3.63) is 136 Å². The van der Waals surface area contributed by atoms with E-state index in [1.165, 1.54) is 0 Å². The van der Waals surface area contributed by atoms with Crippen LogP contribution in [0.2, 0.25) is 5.02 Å². The Morgan fingerprint density at radius 1 is 0.706 bits per heavy atom. The Labute approximate surface area is 205 Å². The van der Waals surface area contributed by atoms with Gasteiger partial charge in [0.15, 0.2) is 11.4 Å². The Balaban J connectivity index is 1.76. The van der Waals surface area contributed by atoms with Gasteiger partial charge in [0.05, 0.1) is 10.6 Å². The zero-order chi connectivity index (χ0) is 23.4. The molecule has 7 heteroatoms. The summed E-state index contributed by atoms with van der Waals surface area (Å²) in [5, 5.41) is 0.545. The molecule has 0 N–H and O–H groups in total. The number of allylic oxidation sites excluding steroid dienone is 2. The number of benzene rings is 3. The summed E-state index contributed by atoms with van der Waals surface area (Å²) in [4.78, 5) is 0. The molecule has 34 heavy (non-hydrogen) atoms. The summed E-state index contributed by atoms with van der Waals surface area (Å²) in [5.74, 6) is 0. The highest BCUT2D eigenvalue weighted by Crippen LogP contribution is 2.46. The fraction of sp³-hybridized carbons (Fsp3) is 0. The number of aromatic nitrogens is 1. The number of fused-ring (bicyclic) bond motifs is 2. The van der Waals surface area contributed by atoms with Crippen molar-refractivity contribution in [3.63, 3.8) is 0 Å². The van der Waals surface area contributed by atoms with Crippen LogP contribution < -0.4 is 0 Å². The molecule has 0 atom stereocenters. The molecule has 166 valence electrons. The average Bonchev–Trinajstić information content (AvgIpc) is 3.39. The Kier molecular flexibility index (Phi) is 4.87. The van der Waals surface area contributed by atoms with Crippen molar-refractivity contribution in [2.75, 3.05) is 0 Å². The van der Waals surface area contributed by atoms with Crippen molar-refractivity contribution in [1.82, 2.24) is 4.48 Å². The maximum absolute atomic E-state index is 16.7. The van der Waals surface area contributed by atoms with Gasteiger partial charge < -0.3 is 17.6 Å². The number of hydrogen-bond acceptors (Lipinski definition) is 0. The summed E-state index contributed by atoms with van der Waals surface area (Å²) in [6.45, 7) is -4.33. The number of hydrogen-bond donors (Lipinski definition) is 0. The lowest BCUT2D eigenvalue weighted by Gasteiger charge is -2.33. The van der Waals surface area contributed by atoms with Gasteiger partial charge in [0.2, 0.25) is 0 Å². The minimum Gasteiger partial charge on any atom is -0.389 e. The summed E-state index contributed by atoms with van der Waals surface area (Å²) >= 11 is 13.3. The van der Waals surface area contributed by atoms with Gasteiger partial charge in [-0.15, -0.1) is 0 Å². The van der Waals surface area contributed by atoms with Crippen molar-refractivity contribution in [2.45, 2.75) is 0 Å². The smallest absolute Gasteiger partial charge is 0.389 e. The second kappa shape index (κ2) is 7.83. The molecule has 3 aromatic carbocycles. The molecular formula is C27H17BCl2F2N2. The first-order valence-electron chi connectivity index (χ1n) is 10.9. The van der Waals surface area contributed by atoms with Gasteiger partial charge in [-0.2, -0.15) is 0 Å². The Hall–Kier alpha value is -3.41. The van der Waals surface area contributed by atoms with Crippen LogP contribution in [0.5, 0.6) is 0 Å². The van der Waals surface area contributed by atoms with E-state index in [0.29, 0.717) is 28.1 Å². The Bertz CT molecular complexity index is 1520. The summed E-state index contributed by atoms with van der Waals surface area (Å²) in [6.07, 6.45) is 1.63. The van der Waals surface area contributed by atoms with E-state index in [1.54, 1.807) is 36.4 Å². The van der Waals surface area contributed by atoms with E-state index in [9.17, 15) is 0 Å². The van der Waals surface area contributed by atoms with Crippen molar-refractivity contribution in [1.29, 1.82) is 0 Å². The van der Waals surface area contributed by atoms with Crippen LogP contribution in [-0.4, -0.2) is 21.6 Å². The maximum atomic E-state index is 16.7. The minimum atomic E-state index is -4.33. The van der Waals surface area contributed by atoms with Gasteiger partial charge >= 0.3 is 6.97 Å². The van der Waals surface area contributed by atoms with Crippen molar-refractivity contribution >= 4 is 41.5 Å². The topological polar surface area (TPSA) is 7.94 Å². The van der Waals surface area contributed by atoms with Crippen LogP contribution in [0.15, 0.2) is 114 Å². The van der Waals surface area contributed by atoms with Gasteiger partial charge in [0.1, 0.15) is 5.03 Å². The predicted octanol–water partition coefficient (Wildman–Crippen LogP) is 7.44. The van der Waals surface area contributed by atoms with Gasteiger partial charge in [-0.25, -0.2) is 0 Å². The van der Waals surface area contributed by atoms with Crippen LogP contribution in [0.1, 0.15) is 16.8 Å². The molecular weight excluding hydrogens is 472 g/mol. The molecule has 0 unspecified atom stereocenters. The fourth-order valence-corrected chi connectivity index (χ4v) is 5.52. The third-order valence-electron chi connectivity index (χ3n) is 6.27. The molecule has 2 aliphatic rings. The molecule has 0 spiro atoms. The molecule has 6 rings (SSSR count). The van der Waals surface area contributed by atoms with E-state index in [4.69, 9.17) is 23.2 Å². The first-order valence-corrected chi connectivity index (χ1v) is 11.6. The summed E-state index contributed by atoms with van der Waals surface area (Å²) in [7, 11) is 0. The van der Waals surface area contributed by atoms with Crippen LogP contribution in [0, 0.1) is 0 Å². The van der Waals surface area contributed by atoms with Crippen molar-refractivity contribution in [2.24, 2.45) is 0 Å². The van der Waals surface area contributed by atoms with Gasteiger partial charge in [0.25, 0.3) is 0 Å². The number of halogens is 4. The molecule has 0 radical (unpaired) electrons. The van der Waals surface area contributed by atoms with E-state index >= 15 is 8.63 Å². The van der Waals surface area contributed by atoms with Crippen molar-refractivity contribution in [3.8, 4) is 11.3 Å². The maximum Gasteiger partial charge on any atom is 0.738 e. The van der Waals surface area contributed by atoms with E-state index in [-0.39, 0.29) is 21.5 Å². The SMILES string of the molecule is F[B-]1(F)n2c(cc(Cl)c2-c2ccccc2)C(c2ccccc2)=C2C=C(Cl)C(c3ccccc3)=[N+]21. The third-order valence-corrected chi connectivity index (χ3v) is 6.85. The highest BCUT2D eigenvalue weighted by atomic mass is 35.5. The third kappa shape index (κ3) is 3.04. The normalized spacial score (nSPS) is 16.4. The number of nitrogens with zero attached hydrogens (tertiary/aromatic N) is 2. The van der Waals surface area contributed by atoms with Crippen LogP contribution in [0.4, 0.5) is 8.63 Å². The first-order chi connectivity index (χ1) is 16.5. The standard InChI is InChI=1S/C27H17BCl2F2N2/c29-21-16-23-25(18-10-4-1-5-11-18)24-17-22(30)27(20-14-8-3-9-15-20)34(24)28(31,32)33(23)26(21)19-12-6-2-7-13-19/h1-17H. The molecule has 0 amide bonds. The molecule has 2 aliphatic heterocycles. The highest BCUT2D eigenvalue weighted by molar-refractivity contribution is 6.61. The molecule has 0 saturated heterocycles. The number of rotatable bonds is 3. The molecule has 2 nitrogen and oxygen atoms in total. The Morgan fingerprint density at radius 3 is 1.82 bits per heavy atom. The zero-order valence-corrected chi connectivity index (χ0v) is 19.3. The van der Waals surface area contributed by atoms with Gasteiger partial charge in [-0.3, -0.25) is 0 Å². The molecule has 0 aliphatic carbocycles. The van der Waals surface area contributed by atoms with Crippen LogP contribution in [0.25, 0.3) is 16.8 Å². The molecule has 0 saturated carbocycles. The monoisotopic (exact) mass is 488 g/mol. The summed E-state index contributed by atoms with van der Waals surface area (Å²) < 4.78 is 35.5. The molecule has 0 fully saturated rings. The lowest BCUT2D eigenvalue weighted by molar-refractivity contribution is -0.360. The fourth-order valence-electron chi connectivity index (χ4n) is 4.91. The van der Waals surface area contributed by atoms with Gasteiger partial charge in [-0.1, -0.05) is 102 Å². The van der Waals surface area contributed by atoms with E-state index < -0.39 is 6.97 Å².